The van der Waals surface area contributed by atoms with Gasteiger partial charge in [0, 0.05) is 18.6 Å². The summed E-state index contributed by atoms with van der Waals surface area (Å²) < 4.78 is 33.9. The van der Waals surface area contributed by atoms with Gasteiger partial charge in [0.05, 0.1) is 23.3 Å². The number of fused-ring (bicyclic) bond motifs is 1. The number of carbonyl (C=O) groups is 1. The molecule has 31 heavy (non-hydrogen) atoms. The first-order valence-electron chi connectivity index (χ1n) is 11.0. The van der Waals surface area contributed by atoms with Crippen LogP contribution in [0.3, 0.4) is 0 Å². The van der Waals surface area contributed by atoms with Crippen LogP contribution in [0.1, 0.15) is 48.5 Å². The number of methoxy groups -OCH3 is 1. The second-order valence-electron chi connectivity index (χ2n) is 8.84. The Kier molecular flexibility index (Phi) is 4.96. The minimum absolute atomic E-state index is 0.127. The van der Waals surface area contributed by atoms with E-state index in [1.807, 2.05) is 29.2 Å². The summed E-state index contributed by atoms with van der Waals surface area (Å²) in [6.07, 6.45) is 5.00. The number of hydrogen-bond acceptors (Lipinski definition) is 4. The van der Waals surface area contributed by atoms with Gasteiger partial charge in [-0.3, -0.25) is 9.10 Å². The molecule has 0 N–H and O–H groups in total. The van der Waals surface area contributed by atoms with Crippen molar-refractivity contribution in [2.75, 3.05) is 18.0 Å². The average Bonchev–Trinajstić information content (AvgIpc) is 3.70. The van der Waals surface area contributed by atoms with Crippen molar-refractivity contribution in [2.45, 2.75) is 56.0 Å². The molecule has 1 aliphatic heterocycles. The molecular weight excluding hydrogens is 412 g/mol. The van der Waals surface area contributed by atoms with Gasteiger partial charge in [0.2, 0.25) is 0 Å². The Balaban J connectivity index is 1.52. The molecule has 1 unspecified atom stereocenters. The van der Waals surface area contributed by atoms with Crippen LogP contribution >= 0.6 is 0 Å². The molecule has 0 bridgehead atoms. The number of anilines is 1. The molecule has 0 saturated heterocycles. The molecule has 5 rings (SSSR count). The van der Waals surface area contributed by atoms with Crippen molar-refractivity contribution in [1.82, 2.24) is 4.90 Å². The number of carbonyl (C=O) groups excluding carboxylic acids is 1. The topological polar surface area (TPSA) is 66.9 Å². The van der Waals surface area contributed by atoms with Crippen LogP contribution in [0.2, 0.25) is 0 Å². The maximum Gasteiger partial charge on any atom is 0.264 e. The van der Waals surface area contributed by atoms with E-state index < -0.39 is 10.0 Å². The van der Waals surface area contributed by atoms with Crippen molar-refractivity contribution in [1.29, 1.82) is 0 Å². The van der Waals surface area contributed by atoms with Crippen LogP contribution in [0.5, 0.6) is 5.75 Å². The second kappa shape index (κ2) is 7.55. The zero-order chi connectivity index (χ0) is 21.8. The molecule has 1 atom stereocenters. The van der Waals surface area contributed by atoms with E-state index in [0.717, 1.165) is 31.2 Å². The Hall–Kier alpha value is -2.54. The number of rotatable bonds is 7. The van der Waals surface area contributed by atoms with E-state index in [4.69, 9.17) is 4.74 Å². The molecule has 1 amide bonds. The third-order valence-electron chi connectivity index (χ3n) is 6.75. The average molecular weight is 441 g/mol. The van der Waals surface area contributed by atoms with Crippen LogP contribution in [0.4, 0.5) is 5.69 Å². The third-order valence-corrected chi connectivity index (χ3v) is 8.56. The lowest BCUT2D eigenvalue weighted by molar-refractivity contribution is 0.0650. The Morgan fingerprint density at radius 1 is 1.13 bits per heavy atom. The van der Waals surface area contributed by atoms with Gasteiger partial charge in [-0.25, -0.2) is 8.42 Å². The summed E-state index contributed by atoms with van der Waals surface area (Å²) in [5.74, 6) is 0.834. The molecule has 6 nitrogen and oxygen atoms in total. The fraction of sp³-hybridized carbons (Fsp3) is 0.458. The third kappa shape index (κ3) is 3.59. The molecule has 0 aromatic heterocycles. The largest absolute Gasteiger partial charge is 0.496 e. The second-order valence-corrected chi connectivity index (χ2v) is 10.7. The Morgan fingerprint density at radius 2 is 1.87 bits per heavy atom. The number of nitrogens with zero attached hydrogens (tertiary/aromatic N) is 2. The molecule has 164 valence electrons. The Morgan fingerprint density at radius 3 is 2.55 bits per heavy atom. The highest BCUT2D eigenvalue weighted by Crippen LogP contribution is 2.41. The number of ether oxygens (including phenoxy) is 1. The van der Waals surface area contributed by atoms with E-state index in [0.29, 0.717) is 35.9 Å². The van der Waals surface area contributed by atoms with E-state index >= 15 is 0 Å². The summed E-state index contributed by atoms with van der Waals surface area (Å²) in [6.45, 7) is 2.52. The van der Waals surface area contributed by atoms with Crippen molar-refractivity contribution in [2.24, 2.45) is 5.92 Å². The lowest BCUT2D eigenvalue weighted by atomic mass is 10.1. The fourth-order valence-electron chi connectivity index (χ4n) is 4.68. The summed E-state index contributed by atoms with van der Waals surface area (Å²) in [5, 5.41) is 0. The van der Waals surface area contributed by atoms with E-state index in [1.165, 1.54) is 23.5 Å². The van der Waals surface area contributed by atoms with Crippen LogP contribution in [-0.2, 0) is 16.4 Å². The highest BCUT2D eigenvalue weighted by atomic mass is 32.2. The summed E-state index contributed by atoms with van der Waals surface area (Å²) in [5.41, 5.74) is 2.07. The number of sulfonamides is 1. The van der Waals surface area contributed by atoms with Gasteiger partial charge in [0.15, 0.2) is 0 Å². The quantitative estimate of drug-likeness (QED) is 0.656. The molecule has 2 aliphatic carbocycles. The van der Waals surface area contributed by atoms with E-state index in [2.05, 4.69) is 6.92 Å². The zero-order valence-electron chi connectivity index (χ0n) is 18.0. The van der Waals surface area contributed by atoms with Crippen molar-refractivity contribution < 1.29 is 17.9 Å². The summed E-state index contributed by atoms with van der Waals surface area (Å²) in [4.78, 5) is 15.7. The number of hydrogen-bond donors (Lipinski definition) is 0. The molecule has 2 saturated carbocycles. The molecule has 7 heteroatoms. The molecule has 3 aliphatic rings. The van der Waals surface area contributed by atoms with Crippen molar-refractivity contribution in [3.05, 3.63) is 53.6 Å². The minimum Gasteiger partial charge on any atom is -0.496 e. The smallest absolute Gasteiger partial charge is 0.264 e. The molecule has 0 radical (unpaired) electrons. The SMILES string of the molecule is COc1ccc(S(=O)(=O)N2CCc3ccccc32)cc1C(=O)N(C1CC1)C(C)C1CC1. The first-order valence-corrected chi connectivity index (χ1v) is 12.5. The molecule has 2 aromatic rings. The highest BCUT2D eigenvalue weighted by molar-refractivity contribution is 7.92. The predicted molar refractivity (Wildman–Crippen MR) is 119 cm³/mol. The summed E-state index contributed by atoms with van der Waals surface area (Å²) >= 11 is 0. The van der Waals surface area contributed by atoms with E-state index in [1.54, 1.807) is 6.07 Å². The van der Waals surface area contributed by atoms with E-state index in [-0.39, 0.29) is 22.9 Å². The van der Waals surface area contributed by atoms with Gasteiger partial charge >= 0.3 is 0 Å². The van der Waals surface area contributed by atoms with Gasteiger partial charge in [0.25, 0.3) is 15.9 Å². The number of para-hydroxylation sites is 1. The summed E-state index contributed by atoms with van der Waals surface area (Å²) in [7, 11) is -2.26. The standard InChI is InChI=1S/C24H28N2O4S/c1-16(17-7-8-17)26(19-9-10-19)24(27)21-15-20(11-12-23(21)30-2)31(28,29)25-14-13-18-5-3-4-6-22(18)25/h3-6,11-12,15-17,19H,7-10,13-14H2,1-2H3. The Labute approximate surface area is 183 Å². The number of amides is 1. The van der Waals surface area contributed by atoms with Gasteiger partial charge in [0.1, 0.15) is 5.75 Å². The van der Waals surface area contributed by atoms with Crippen LogP contribution in [0, 0.1) is 5.92 Å². The normalized spacial score (nSPS) is 19.1. The van der Waals surface area contributed by atoms with Gasteiger partial charge in [-0.2, -0.15) is 0 Å². The zero-order valence-corrected chi connectivity index (χ0v) is 18.8. The minimum atomic E-state index is -3.78. The van der Waals surface area contributed by atoms with Gasteiger partial charge in [-0.1, -0.05) is 18.2 Å². The van der Waals surface area contributed by atoms with E-state index in [9.17, 15) is 13.2 Å². The van der Waals surface area contributed by atoms with Gasteiger partial charge in [-0.05, 0) is 74.8 Å². The first-order chi connectivity index (χ1) is 14.9. The van der Waals surface area contributed by atoms with Crippen molar-refractivity contribution in [3.63, 3.8) is 0 Å². The van der Waals surface area contributed by atoms with Crippen LogP contribution in [0.15, 0.2) is 47.4 Å². The van der Waals surface area contributed by atoms with Crippen LogP contribution in [0.25, 0.3) is 0 Å². The van der Waals surface area contributed by atoms with Gasteiger partial charge in [-0.15, -0.1) is 0 Å². The molecule has 1 heterocycles. The molecule has 0 spiro atoms. The molecular formula is C24H28N2O4S. The van der Waals surface area contributed by atoms with Crippen molar-refractivity contribution in [3.8, 4) is 5.75 Å². The van der Waals surface area contributed by atoms with Gasteiger partial charge < -0.3 is 9.64 Å². The predicted octanol–water partition coefficient (Wildman–Crippen LogP) is 3.85. The fourth-order valence-corrected chi connectivity index (χ4v) is 6.21. The number of benzene rings is 2. The molecule has 2 aromatic carbocycles. The Bertz CT molecular complexity index is 1120. The van der Waals surface area contributed by atoms with Crippen molar-refractivity contribution >= 4 is 21.6 Å². The molecule has 2 fully saturated rings. The highest BCUT2D eigenvalue weighted by Gasteiger charge is 2.43. The summed E-state index contributed by atoms with van der Waals surface area (Å²) in [6, 6.07) is 12.6. The first kappa shape index (κ1) is 20.4. The maximum absolute atomic E-state index is 13.6. The maximum atomic E-state index is 13.6. The van der Waals surface area contributed by atoms with Crippen LogP contribution < -0.4 is 9.04 Å². The lowest BCUT2D eigenvalue weighted by Gasteiger charge is -2.30. The lowest BCUT2D eigenvalue weighted by Crippen LogP contribution is -2.41. The monoisotopic (exact) mass is 440 g/mol. The van der Waals surface area contributed by atoms with Crippen LogP contribution in [-0.4, -0.2) is 45.0 Å².